The molecule has 1 heterocycles. The maximum absolute atomic E-state index is 11.9. The van der Waals surface area contributed by atoms with Crippen molar-refractivity contribution in [2.45, 2.75) is 19.3 Å². The van der Waals surface area contributed by atoms with Gasteiger partial charge >= 0.3 is 0 Å². The van der Waals surface area contributed by atoms with Crippen molar-refractivity contribution in [1.29, 1.82) is 0 Å². The van der Waals surface area contributed by atoms with Gasteiger partial charge < -0.3 is 10.4 Å². The largest absolute Gasteiger partial charge is 0.396 e. The van der Waals surface area contributed by atoms with E-state index in [1.165, 1.54) is 4.90 Å². The van der Waals surface area contributed by atoms with Gasteiger partial charge in [0.2, 0.25) is 11.8 Å². The van der Waals surface area contributed by atoms with E-state index in [0.29, 0.717) is 18.5 Å². The lowest BCUT2D eigenvalue weighted by Gasteiger charge is -2.28. The Morgan fingerprint density at radius 3 is 2.89 bits per heavy atom. The molecule has 0 saturated carbocycles. The smallest absolute Gasteiger partial charge is 0.236 e. The number of hydrogen-bond donors (Lipinski definition) is 2. The molecular formula is C13H16N2O3. The topological polar surface area (TPSA) is 69.6 Å². The Morgan fingerprint density at radius 2 is 2.22 bits per heavy atom. The minimum absolute atomic E-state index is 0.0288. The number of rotatable bonds is 3. The van der Waals surface area contributed by atoms with Crippen LogP contribution >= 0.6 is 0 Å². The van der Waals surface area contributed by atoms with Gasteiger partial charge in [0.25, 0.3) is 0 Å². The number of imide groups is 1. The molecule has 2 rings (SSSR count). The van der Waals surface area contributed by atoms with Crippen molar-refractivity contribution in [3.05, 3.63) is 23.8 Å². The number of benzene rings is 1. The average molecular weight is 248 g/mol. The van der Waals surface area contributed by atoms with Gasteiger partial charge in [0.05, 0.1) is 18.7 Å². The number of carbonyl (C=O) groups excluding carboxylic acids is 2. The van der Waals surface area contributed by atoms with Crippen molar-refractivity contribution in [1.82, 2.24) is 0 Å². The van der Waals surface area contributed by atoms with E-state index in [-0.39, 0.29) is 24.8 Å². The average Bonchev–Trinajstić information content (AvgIpc) is 2.38. The summed E-state index contributed by atoms with van der Waals surface area (Å²) in [5.74, 6) is -0.543. The zero-order chi connectivity index (χ0) is 13.1. The van der Waals surface area contributed by atoms with Crippen LogP contribution in [-0.2, 0) is 16.0 Å². The van der Waals surface area contributed by atoms with E-state index in [2.05, 4.69) is 5.32 Å². The first-order valence-corrected chi connectivity index (χ1v) is 5.94. The van der Waals surface area contributed by atoms with E-state index in [1.54, 1.807) is 6.07 Å². The van der Waals surface area contributed by atoms with Crippen molar-refractivity contribution >= 4 is 23.2 Å². The number of carbonyl (C=O) groups is 2. The zero-order valence-corrected chi connectivity index (χ0v) is 10.3. The number of anilines is 2. The van der Waals surface area contributed by atoms with Gasteiger partial charge in [-0.1, -0.05) is 0 Å². The fourth-order valence-electron chi connectivity index (χ4n) is 2.13. The number of aliphatic hydroxyl groups excluding tert-OH is 1. The summed E-state index contributed by atoms with van der Waals surface area (Å²) in [4.78, 5) is 24.9. The third-order valence-electron chi connectivity index (χ3n) is 3.04. The summed E-state index contributed by atoms with van der Waals surface area (Å²) in [7, 11) is 1.82. The van der Waals surface area contributed by atoms with Gasteiger partial charge in [0, 0.05) is 19.2 Å². The highest BCUT2D eigenvalue weighted by molar-refractivity contribution is 6.16. The van der Waals surface area contributed by atoms with Crippen LogP contribution in [0.25, 0.3) is 0 Å². The standard InChI is InChI=1S/C13H16N2O3/c1-14-10-3-4-11-9(8-10)2-5-12(17)15(11)13(18)6-7-16/h3-4,8,14,16H,2,5-7H2,1H3. The van der Waals surface area contributed by atoms with Crippen LogP contribution in [0.5, 0.6) is 0 Å². The lowest BCUT2D eigenvalue weighted by molar-refractivity contribution is -0.127. The van der Waals surface area contributed by atoms with Gasteiger partial charge in [0.15, 0.2) is 0 Å². The van der Waals surface area contributed by atoms with Crippen LogP contribution in [0.1, 0.15) is 18.4 Å². The van der Waals surface area contributed by atoms with Gasteiger partial charge in [-0.3, -0.25) is 14.5 Å². The molecule has 1 aromatic carbocycles. The van der Waals surface area contributed by atoms with E-state index < -0.39 is 0 Å². The Hall–Kier alpha value is -1.88. The van der Waals surface area contributed by atoms with E-state index >= 15 is 0 Å². The molecule has 1 aliphatic rings. The summed E-state index contributed by atoms with van der Waals surface area (Å²) < 4.78 is 0. The van der Waals surface area contributed by atoms with Crippen molar-refractivity contribution in [3.8, 4) is 0 Å². The Balaban J connectivity index is 2.38. The van der Waals surface area contributed by atoms with Crippen LogP contribution in [0.2, 0.25) is 0 Å². The Morgan fingerprint density at radius 1 is 1.44 bits per heavy atom. The van der Waals surface area contributed by atoms with Crippen molar-refractivity contribution in [3.63, 3.8) is 0 Å². The van der Waals surface area contributed by atoms with E-state index in [0.717, 1.165) is 11.3 Å². The molecule has 1 aromatic rings. The zero-order valence-electron chi connectivity index (χ0n) is 10.3. The van der Waals surface area contributed by atoms with Gasteiger partial charge in [0.1, 0.15) is 0 Å². The highest BCUT2D eigenvalue weighted by Gasteiger charge is 2.28. The summed E-state index contributed by atoms with van der Waals surface area (Å²) in [6.07, 6.45) is 0.947. The lowest BCUT2D eigenvalue weighted by atomic mass is 10.00. The summed E-state index contributed by atoms with van der Waals surface area (Å²) >= 11 is 0. The van der Waals surface area contributed by atoms with E-state index in [4.69, 9.17) is 5.11 Å². The number of aliphatic hydroxyl groups is 1. The molecule has 5 heteroatoms. The predicted octanol–water partition coefficient (Wildman–Crippen LogP) is 0.916. The van der Waals surface area contributed by atoms with Crippen LogP contribution in [-0.4, -0.2) is 30.6 Å². The van der Waals surface area contributed by atoms with Crippen LogP contribution in [0.15, 0.2) is 18.2 Å². The summed E-state index contributed by atoms with van der Waals surface area (Å²) in [5, 5.41) is 11.8. The molecule has 5 nitrogen and oxygen atoms in total. The number of nitrogens with one attached hydrogen (secondary N) is 1. The molecule has 0 fully saturated rings. The number of hydrogen-bond acceptors (Lipinski definition) is 4. The molecule has 0 unspecified atom stereocenters. The SMILES string of the molecule is CNc1ccc2c(c1)CCC(=O)N2C(=O)CCO. The van der Waals surface area contributed by atoms with Gasteiger partial charge in [-0.2, -0.15) is 0 Å². The predicted molar refractivity (Wildman–Crippen MR) is 68.5 cm³/mol. The molecule has 2 N–H and O–H groups in total. The molecule has 18 heavy (non-hydrogen) atoms. The molecule has 1 aliphatic heterocycles. The maximum atomic E-state index is 11.9. The van der Waals surface area contributed by atoms with Gasteiger partial charge in [-0.25, -0.2) is 0 Å². The Kier molecular flexibility index (Phi) is 3.62. The lowest BCUT2D eigenvalue weighted by Crippen LogP contribution is -2.40. The second-order valence-corrected chi connectivity index (χ2v) is 4.19. The van der Waals surface area contributed by atoms with Crippen LogP contribution < -0.4 is 10.2 Å². The molecule has 0 atom stereocenters. The molecule has 96 valence electrons. The second kappa shape index (κ2) is 5.18. The third kappa shape index (κ3) is 2.22. The summed E-state index contributed by atoms with van der Waals surface area (Å²) in [5.41, 5.74) is 2.58. The first-order valence-electron chi connectivity index (χ1n) is 5.94. The van der Waals surface area contributed by atoms with Crippen LogP contribution in [0, 0.1) is 0 Å². The molecule has 0 bridgehead atoms. The first-order chi connectivity index (χ1) is 8.67. The number of amides is 2. The van der Waals surface area contributed by atoms with E-state index in [1.807, 2.05) is 19.2 Å². The quantitative estimate of drug-likeness (QED) is 0.834. The summed E-state index contributed by atoms with van der Waals surface area (Å²) in [6.45, 7) is -0.244. The molecule has 0 radical (unpaired) electrons. The minimum atomic E-state index is -0.347. The minimum Gasteiger partial charge on any atom is -0.396 e. The Labute approximate surface area is 105 Å². The van der Waals surface area contributed by atoms with E-state index in [9.17, 15) is 9.59 Å². The fraction of sp³-hybridized carbons (Fsp3) is 0.385. The monoisotopic (exact) mass is 248 g/mol. The molecule has 0 aliphatic carbocycles. The first kappa shape index (κ1) is 12.6. The van der Waals surface area contributed by atoms with Crippen molar-refractivity contribution in [2.75, 3.05) is 23.9 Å². The maximum Gasteiger partial charge on any atom is 0.236 e. The van der Waals surface area contributed by atoms with Gasteiger partial charge in [-0.05, 0) is 30.2 Å². The number of aryl methyl sites for hydroxylation is 1. The molecule has 0 saturated heterocycles. The number of nitrogens with zero attached hydrogens (tertiary/aromatic N) is 1. The highest BCUT2D eigenvalue weighted by Crippen LogP contribution is 2.30. The molecule has 2 amide bonds. The highest BCUT2D eigenvalue weighted by atomic mass is 16.3. The Bertz CT molecular complexity index is 485. The summed E-state index contributed by atoms with van der Waals surface area (Å²) in [6, 6.07) is 5.55. The number of fused-ring (bicyclic) bond motifs is 1. The third-order valence-corrected chi connectivity index (χ3v) is 3.04. The second-order valence-electron chi connectivity index (χ2n) is 4.19. The van der Waals surface area contributed by atoms with Gasteiger partial charge in [-0.15, -0.1) is 0 Å². The fourth-order valence-corrected chi connectivity index (χ4v) is 2.13. The molecule has 0 spiro atoms. The van der Waals surface area contributed by atoms with Crippen molar-refractivity contribution in [2.24, 2.45) is 0 Å². The van der Waals surface area contributed by atoms with Crippen molar-refractivity contribution < 1.29 is 14.7 Å². The normalized spacial score (nSPS) is 14.3. The molecule has 0 aromatic heterocycles. The van der Waals surface area contributed by atoms with Crippen LogP contribution in [0.4, 0.5) is 11.4 Å². The van der Waals surface area contributed by atoms with Crippen LogP contribution in [0.3, 0.4) is 0 Å². The molecular weight excluding hydrogens is 232 g/mol.